The van der Waals surface area contributed by atoms with Crippen molar-refractivity contribution in [3.05, 3.63) is 22.3 Å². The van der Waals surface area contributed by atoms with Crippen LogP contribution in [0.15, 0.2) is 9.89 Å². The van der Waals surface area contributed by atoms with Gasteiger partial charge in [-0.2, -0.15) is 0 Å². The Balaban J connectivity index is 2.69. The third kappa shape index (κ3) is 30.0. The van der Waals surface area contributed by atoms with Crippen molar-refractivity contribution in [2.24, 2.45) is 28.5 Å². The number of hydrogen-bond donors (Lipinski definition) is 13. The number of nitrogens with zero attached hydrogens (tertiary/aromatic N) is 1. The number of benzene rings is 1. The van der Waals surface area contributed by atoms with Crippen molar-refractivity contribution in [2.75, 3.05) is 26.4 Å². The van der Waals surface area contributed by atoms with E-state index in [1.54, 1.807) is 145 Å². The van der Waals surface area contributed by atoms with E-state index in [9.17, 15) is 66.9 Å². The summed E-state index contributed by atoms with van der Waals surface area (Å²) in [5, 5.41) is 52.7. The lowest BCUT2D eigenvalue weighted by molar-refractivity contribution is -0.146. The van der Waals surface area contributed by atoms with Crippen LogP contribution < -0.4 is 57.7 Å². The van der Waals surface area contributed by atoms with Crippen LogP contribution in [0.4, 0.5) is 4.79 Å². The number of sulfonamides is 1. The second-order valence-corrected chi connectivity index (χ2v) is 32.5. The highest BCUT2D eigenvalue weighted by molar-refractivity contribution is 7.90. The van der Waals surface area contributed by atoms with Gasteiger partial charge in [-0.3, -0.25) is 38.6 Å². The Morgan fingerprint density at radius 1 is 0.586 bits per heavy atom. The molecule has 1 aromatic rings. The molecular formula is C68H119N11O19S. The number of nitrogens with two attached hydrogens (primary N) is 1. The predicted molar refractivity (Wildman–Crippen MR) is 373 cm³/mol. The lowest BCUT2D eigenvalue weighted by Crippen LogP contribution is -2.63. The van der Waals surface area contributed by atoms with Gasteiger partial charge in [-0.05, 0) is 197 Å². The second-order valence-electron chi connectivity index (χ2n) is 30.9. The number of alkyl carbamates (subject to hydrolysis) is 1. The Morgan fingerprint density at radius 2 is 1.02 bits per heavy atom. The zero-order chi connectivity index (χ0) is 76.4. The molecule has 1 aliphatic rings. The third-order valence-electron chi connectivity index (χ3n) is 15.8. The molecule has 566 valence electrons. The van der Waals surface area contributed by atoms with Crippen LogP contribution in [0.1, 0.15) is 200 Å². The first-order chi connectivity index (χ1) is 45.1. The predicted octanol–water partition coefficient (Wildman–Crippen LogP) is 3.40. The summed E-state index contributed by atoms with van der Waals surface area (Å²) in [7, 11) is -4.34. The van der Waals surface area contributed by atoms with Crippen LogP contribution in [0.3, 0.4) is 0 Å². The Kier molecular flexibility index (Phi) is 33.1. The van der Waals surface area contributed by atoms with Gasteiger partial charge in [-0.1, -0.05) is 48.0 Å². The highest BCUT2D eigenvalue weighted by Crippen LogP contribution is 2.42. The van der Waals surface area contributed by atoms with E-state index in [1.165, 1.54) is 6.92 Å². The van der Waals surface area contributed by atoms with Gasteiger partial charge in [-0.15, -0.1) is 0 Å². The summed E-state index contributed by atoms with van der Waals surface area (Å²) in [4.78, 5) is 131. The molecule has 1 unspecified atom stereocenters. The summed E-state index contributed by atoms with van der Waals surface area (Å²) in [6.07, 6.45) is -3.12. The van der Waals surface area contributed by atoms with Crippen LogP contribution in [0.25, 0.3) is 0 Å². The van der Waals surface area contributed by atoms with Gasteiger partial charge in [0, 0.05) is 6.54 Å². The van der Waals surface area contributed by atoms with E-state index in [2.05, 4.69) is 52.2 Å². The average molecular weight is 1430 g/mol. The van der Waals surface area contributed by atoms with Crippen LogP contribution in [0.5, 0.6) is 5.75 Å². The van der Waals surface area contributed by atoms with Crippen LogP contribution in [0, 0.1) is 38.5 Å². The number of carboxylic acid groups (broad SMARTS) is 1. The molecule has 0 bridgehead atoms. The molecule has 0 aromatic heterocycles. The second kappa shape index (κ2) is 37.1. The molecule has 30 nitrogen and oxygen atoms in total. The van der Waals surface area contributed by atoms with Gasteiger partial charge < -0.3 is 87.3 Å². The van der Waals surface area contributed by atoms with Gasteiger partial charge in [0.05, 0.1) is 53.7 Å². The van der Waals surface area contributed by atoms with E-state index < -0.39 is 190 Å². The molecule has 8 amide bonds. The van der Waals surface area contributed by atoms with Crippen molar-refractivity contribution in [1.82, 2.24) is 47.3 Å². The van der Waals surface area contributed by atoms with Crippen LogP contribution in [-0.2, 0) is 73.7 Å². The number of carbonyl (C=O) groups is 9. The number of aliphatic carboxylic acids is 1. The first-order valence-corrected chi connectivity index (χ1v) is 35.4. The van der Waals surface area contributed by atoms with Crippen molar-refractivity contribution < 1.29 is 90.6 Å². The summed E-state index contributed by atoms with van der Waals surface area (Å²) in [6.45, 7) is 38.6. The van der Waals surface area contributed by atoms with Gasteiger partial charge in [0.25, 0.3) is 10.0 Å². The molecule has 11 atom stereocenters. The number of nitrogens with one attached hydrogen (secondary N) is 9. The maximum atomic E-state index is 14.9. The number of ether oxygens (including phenoxy) is 5. The molecule has 0 aliphatic carbocycles. The van der Waals surface area contributed by atoms with E-state index in [4.69, 9.17) is 29.4 Å². The van der Waals surface area contributed by atoms with Gasteiger partial charge in [0.15, 0.2) is 6.04 Å². The number of carboxylic acids is 1. The topological polar surface area (TPSA) is 441 Å². The minimum Gasteiger partial charge on any atom is -0.487 e. The fraction of sp³-hybridized carbons (Fsp3) is 0.765. The van der Waals surface area contributed by atoms with Crippen molar-refractivity contribution in [3.63, 3.8) is 0 Å². The molecule has 1 aromatic carbocycles. The Bertz CT molecular complexity index is 3110. The van der Waals surface area contributed by atoms with Crippen LogP contribution in [-0.4, -0.2) is 198 Å². The van der Waals surface area contributed by atoms with Gasteiger partial charge in [0.2, 0.25) is 47.3 Å². The highest BCUT2D eigenvalue weighted by atomic mass is 32.2. The SMILES string of the molecule is CC[C@H](C)[C@H](NC(=O)[C@@H](CCCN=C(N)NS(=O)(=O)c1c(C)c(C)c2c(c1C)CCC(C)(C)O2)NC(=O)[C@H](CC(C)C)NC(=O)[C@@H](NC(=O)OC(C)(C)C)[C@H](O)C(C)C)C(=O)N[C@H](C(=O)NC(COC(C)(C)C)C(=O)N[C@@H](COC(C)(C)C)C(=O)N[C@@H](COC(C)(C)C)C(=O)O)[C@H](C)O. The molecule has 0 fully saturated rings. The maximum absolute atomic E-state index is 14.9. The number of hydrogen-bond acceptors (Lipinski definition) is 19. The normalized spacial score (nSPS) is 17.0. The van der Waals surface area contributed by atoms with E-state index in [1.807, 2.05) is 13.8 Å². The summed E-state index contributed by atoms with van der Waals surface area (Å²) >= 11 is 0. The largest absolute Gasteiger partial charge is 0.487 e. The van der Waals surface area contributed by atoms with Crippen molar-refractivity contribution in [3.8, 4) is 5.75 Å². The number of guanidine groups is 1. The minimum absolute atomic E-state index is 0.0129. The number of carbonyl (C=O) groups excluding carboxylic acids is 8. The lowest BCUT2D eigenvalue weighted by Gasteiger charge is -2.35. The number of rotatable bonds is 35. The molecule has 0 saturated carbocycles. The average Bonchev–Trinajstić information content (AvgIpc) is 0.746. The van der Waals surface area contributed by atoms with E-state index in [0.29, 0.717) is 35.3 Å². The van der Waals surface area contributed by atoms with E-state index >= 15 is 0 Å². The molecule has 14 N–H and O–H groups in total. The lowest BCUT2D eigenvalue weighted by atomic mass is 9.88. The molecule has 0 spiro atoms. The maximum Gasteiger partial charge on any atom is 0.408 e. The van der Waals surface area contributed by atoms with Crippen molar-refractivity contribution in [1.29, 1.82) is 0 Å². The molecule has 2 rings (SSSR count). The van der Waals surface area contributed by atoms with Crippen molar-refractivity contribution in [2.45, 2.75) is 298 Å². The minimum atomic E-state index is -4.34. The molecule has 31 heteroatoms. The van der Waals surface area contributed by atoms with Gasteiger partial charge in [0.1, 0.15) is 59.2 Å². The number of amides is 8. The van der Waals surface area contributed by atoms with Gasteiger partial charge >= 0.3 is 12.1 Å². The quantitative estimate of drug-likeness (QED) is 0.0263. The smallest absolute Gasteiger partial charge is 0.408 e. The Morgan fingerprint density at radius 3 is 1.48 bits per heavy atom. The van der Waals surface area contributed by atoms with E-state index in [0.717, 1.165) is 5.56 Å². The number of aliphatic hydroxyl groups is 2. The first-order valence-electron chi connectivity index (χ1n) is 33.9. The summed E-state index contributed by atoms with van der Waals surface area (Å²) in [5.41, 5.74) is 4.58. The summed E-state index contributed by atoms with van der Waals surface area (Å²) < 4.78 is 59.7. The molecule has 1 aliphatic heterocycles. The zero-order valence-corrected chi connectivity index (χ0v) is 63.7. The summed E-state index contributed by atoms with van der Waals surface area (Å²) in [5.74, 6) is -9.86. The standard InChI is InChI=1S/C68H119N11O19S/c1-25-37(6)48(58(86)77-49(41(10)80)59(87)74-46(33-95-65(14,15)16)56(84)73-45(32-94-64(11,12)13)57(85)75-47(61(89)90)34-96-66(17,18)19)76-54(82)43(71-55(83)44(31-35(2)3)72-60(88)50(51(81)36(4)5)78-63(91)98-67(20,21)22)27-26-30-70-62(69)79-99(92,93)53-39(8)38(7)52-42(40(53)9)28-29-68(23,24)97-52/h35-37,41,43-51,80-81H,25-34H2,1-24H3,(H,71,83)(H,72,88)(H,73,84)(H,74,87)(H,75,85)(H,76,82)(H,77,86)(H,78,91)(H,89,90)(H3,69,70,79)/t37-,41-,43+,44-,45-,46?,47-,48-,49-,50-,51+/m0/s1. The van der Waals surface area contributed by atoms with Crippen LogP contribution in [0.2, 0.25) is 0 Å². The first kappa shape index (κ1) is 88.2. The monoisotopic (exact) mass is 1430 g/mol. The fourth-order valence-corrected chi connectivity index (χ4v) is 11.6. The Labute approximate surface area is 585 Å². The zero-order valence-electron chi connectivity index (χ0n) is 62.9. The molecule has 99 heavy (non-hydrogen) atoms. The highest BCUT2D eigenvalue weighted by Gasteiger charge is 2.41. The molecular weight excluding hydrogens is 1310 g/mol. The molecule has 0 radical (unpaired) electrons. The number of fused-ring (bicyclic) bond motifs is 1. The molecule has 1 heterocycles. The fourth-order valence-electron chi connectivity index (χ4n) is 10.0. The number of aliphatic imine (C=N–C) groups is 1. The summed E-state index contributed by atoms with van der Waals surface area (Å²) in [6, 6.07) is -12.8. The van der Waals surface area contributed by atoms with E-state index in [-0.39, 0.29) is 43.0 Å². The third-order valence-corrected chi connectivity index (χ3v) is 17.5. The Hall–Kier alpha value is -6.93. The van der Waals surface area contributed by atoms with Crippen molar-refractivity contribution >= 4 is 69.4 Å². The van der Waals surface area contributed by atoms with Crippen LogP contribution >= 0.6 is 0 Å². The van der Waals surface area contributed by atoms with Gasteiger partial charge in [-0.25, -0.2) is 22.7 Å². The number of aliphatic hydroxyl groups excluding tert-OH is 2. The molecule has 0 saturated heterocycles.